The van der Waals surface area contributed by atoms with E-state index in [1.54, 1.807) is 174 Å². The topological polar surface area (TPSA) is 330 Å². The predicted molar refractivity (Wildman–Crippen MR) is 418 cm³/mol. The van der Waals surface area contributed by atoms with Crippen LogP contribution in [0.15, 0.2) is 145 Å². The van der Waals surface area contributed by atoms with E-state index in [0.29, 0.717) is 117 Å². The summed E-state index contributed by atoms with van der Waals surface area (Å²) in [6.45, 7) is 37.4. The van der Waals surface area contributed by atoms with Crippen molar-refractivity contribution < 1.29 is 45.2 Å². The number of halogens is 3. The molecular formula is C74H68Cl3N17O9S3. The van der Waals surface area contributed by atoms with Crippen LogP contribution in [0.3, 0.4) is 0 Å². The van der Waals surface area contributed by atoms with Gasteiger partial charge >= 0.3 is 5.97 Å². The van der Waals surface area contributed by atoms with Crippen molar-refractivity contribution in [3.05, 3.63) is 245 Å². The number of methoxy groups -OCH3 is 1. The Balaban J connectivity index is 0.000000231. The highest BCUT2D eigenvalue weighted by Gasteiger charge is 2.52. The van der Waals surface area contributed by atoms with E-state index in [-0.39, 0.29) is 66.4 Å². The number of carbonyl (C=O) groups excluding carboxylic acids is 7. The van der Waals surface area contributed by atoms with Crippen molar-refractivity contribution in [2.45, 2.75) is 98.6 Å². The number of rotatable bonds is 13. The van der Waals surface area contributed by atoms with Gasteiger partial charge in [0.1, 0.15) is 40.9 Å². The van der Waals surface area contributed by atoms with Gasteiger partial charge in [-0.15, -0.1) is 15.0 Å². The lowest BCUT2D eigenvalue weighted by Gasteiger charge is -2.30. The van der Waals surface area contributed by atoms with Crippen molar-refractivity contribution in [1.82, 2.24) is 24.8 Å². The zero-order chi connectivity index (χ0) is 77.3. The van der Waals surface area contributed by atoms with Crippen molar-refractivity contribution in [3.63, 3.8) is 0 Å². The van der Waals surface area contributed by atoms with Gasteiger partial charge in [-0.25, -0.2) is 15.9 Å². The molecule has 5 aromatic carbocycles. The Hall–Kier alpha value is -11.5. The number of nitrogens with two attached hydrogens (primary N) is 1. The standard InChI is InChI=1S/C27H20ClN5O3S.C20H19ClN2O4.C19H18ClN5OS.C8H5N3S.H2N2.H2O.H2/c1-15-11-18(13-30-22(15)29-4)32-25(36)27(2,3)33(26(32)37)17-10-9-16(21(28)12-17)14-31-23(34)19-7-5-6-8-20(19)24(31)35;1-20(2,19(26)27-3)22-13-9-8-12(16(21)10-13)11-23-17(24)14-6-4-5-7-15(14)18(23)25;1-11-7-14(10-23-16(11)22-4)24-17(26)19(2,3)25(18(24)27)13-6-5-12(9-21)15(20)8-13;1-6-3-7(11-5-12)4-10-8(6)9-2;1-2;;/h5-13H,14H2,1-3H3;4-10,22H,11H2,1-3H3;5-8,10H,9,21H2,1-3H3;3-4H,1H3;1-2H;1H2;1H. The van der Waals surface area contributed by atoms with E-state index in [4.69, 9.17) is 100 Å². The minimum atomic E-state index is -1.03. The third-order valence-electron chi connectivity index (χ3n) is 16.9. The molecule has 4 aliphatic rings. The number of nitrogens with zero attached hydrogens (tertiary/aromatic N) is 13. The van der Waals surface area contributed by atoms with Crippen LogP contribution < -0.4 is 30.7 Å². The summed E-state index contributed by atoms with van der Waals surface area (Å²) in [4.78, 5) is 123. The Bertz CT molecular complexity index is 5070. The van der Waals surface area contributed by atoms with Gasteiger partial charge in [0, 0.05) is 40.1 Å². The fraction of sp³-hybridized carbons (Fsp3) is 0.216. The fourth-order valence-electron chi connectivity index (χ4n) is 11.5. The van der Waals surface area contributed by atoms with Gasteiger partial charge in [0.25, 0.3) is 52.9 Å². The zero-order valence-corrected chi connectivity index (χ0v) is 63.1. The summed E-state index contributed by atoms with van der Waals surface area (Å²) in [5.74, 6) is -1.26. The second kappa shape index (κ2) is 33.9. The van der Waals surface area contributed by atoms with Crippen LogP contribution in [0, 0.1) is 51.5 Å². The number of benzene rings is 5. The number of anilines is 5. The first kappa shape index (κ1) is 81.8. The molecule has 0 atom stereocenters. The highest BCUT2D eigenvalue weighted by molar-refractivity contribution is 7.81. The summed E-state index contributed by atoms with van der Waals surface area (Å²) in [6, 6.07) is 34.4. The molecule has 2 fully saturated rings. The quantitative estimate of drug-likeness (QED) is 0.0208. The van der Waals surface area contributed by atoms with Gasteiger partial charge < -0.3 is 45.6 Å². The predicted octanol–water partition coefficient (Wildman–Crippen LogP) is 15.5. The first-order chi connectivity index (χ1) is 49.8. The lowest BCUT2D eigenvalue weighted by atomic mass is 10.0. The molecule has 0 aliphatic carbocycles. The van der Waals surface area contributed by atoms with Crippen LogP contribution in [0.2, 0.25) is 15.1 Å². The van der Waals surface area contributed by atoms with Crippen LogP contribution in [0.5, 0.6) is 0 Å². The molecule has 8 aromatic rings. The molecule has 0 unspecified atom stereocenters. The Kier molecular flexibility index (Phi) is 26.2. The molecule has 0 spiro atoms. The van der Waals surface area contributed by atoms with Crippen LogP contribution in [-0.2, 0) is 38.8 Å². The number of thiocarbonyl (C=S) groups is 3. The number of hydrogen-bond acceptors (Lipinski definition) is 19. The molecule has 0 saturated carbocycles. The van der Waals surface area contributed by atoms with Gasteiger partial charge in [0.2, 0.25) is 0 Å². The molecule has 7 heterocycles. The number of pyridine rings is 3. The first-order valence-electron chi connectivity index (χ1n) is 31.4. The maximum Gasteiger partial charge on any atom is 0.330 e. The van der Waals surface area contributed by atoms with Gasteiger partial charge in [-0.2, -0.15) is 4.99 Å². The largest absolute Gasteiger partial charge is 0.467 e. The maximum absolute atomic E-state index is 13.4. The average molecular weight is 1540 g/mol. The van der Waals surface area contributed by atoms with Crippen LogP contribution in [-0.4, -0.2) is 111 Å². The van der Waals surface area contributed by atoms with Crippen LogP contribution in [0.1, 0.15) is 118 Å². The number of aromatic nitrogens is 3. The number of imide groups is 2. The Morgan fingerprint density at radius 2 is 0.953 bits per heavy atom. The minimum absolute atomic E-state index is 0. The lowest BCUT2D eigenvalue weighted by molar-refractivity contribution is -0.144. The number of amides is 6. The second-order valence-electron chi connectivity index (χ2n) is 25.0. The summed E-state index contributed by atoms with van der Waals surface area (Å²) in [5, 5.41) is 7.12. The molecule has 7 N–H and O–H groups in total. The zero-order valence-electron chi connectivity index (χ0n) is 58.4. The van der Waals surface area contributed by atoms with Crippen LogP contribution in [0.25, 0.3) is 14.5 Å². The molecule has 3 aromatic heterocycles. The number of hydrogen-bond donors (Lipinski definition) is 4. The van der Waals surface area contributed by atoms with Crippen molar-refractivity contribution in [2.75, 3.05) is 32.0 Å². The van der Waals surface area contributed by atoms with Gasteiger partial charge in [-0.05, 0) is 211 Å². The molecule has 4 aliphatic heterocycles. The van der Waals surface area contributed by atoms with Crippen molar-refractivity contribution in [3.8, 4) is 0 Å². The van der Waals surface area contributed by atoms with E-state index in [2.05, 4.69) is 57.2 Å². The van der Waals surface area contributed by atoms with E-state index >= 15 is 0 Å². The molecule has 32 heteroatoms. The van der Waals surface area contributed by atoms with E-state index in [1.165, 1.54) is 45.3 Å². The molecule has 12 rings (SSSR count). The summed E-state index contributed by atoms with van der Waals surface area (Å²) in [6.07, 6.45) is 4.45. The molecule has 542 valence electrons. The molecule has 0 radical (unpaired) electrons. The maximum atomic E-state index is 13.4. The smallest absolute Gasteiger partial charge is 0.330 e. The summed E-state index contributed by atoms with van der Waals surface area (Å²) in [5.41, 5.74) is 22.1. The van der Waals surface area contributed by atoms with Gasteiger partial charge in [0.15, 0.2) is 10.2 Å². The average Bonchev–Trinajstić information content (AvgIpc) is 1.59. The third-order valence-corrected chi connectivity index (χ3v) is 18.8. The number of aryl methyl sites for hydroxylation is 3. The highest BCUT2D eigenvalue weighted by atomic mass is 35.5. The second-order valence-corrected chi connectivity index (χ2v) is 27.1. The normalized spacial score (nSPS) is 14.3. The SMILES string of the molecule is COC(=O)C(C)(C)Nc1ccc(CN2C(=O)c3ccccc3C2=O)c(Cl)c1.N=N.O.[C-]#[N+]c1ncc(N2C(=O)C(C)(C)N(c3ccc(CN)c(Cl)c3)C2=S)cc1C.[C-]#[N+]c1ncc(N2C(=O)C(C)(C)N(c3ccc(CN4C(=O)c5ccccc5C4=O)c(Cl)c3)C2=S)cc1C.[C-]#[N+]c1ncc(N=C=S)cc1C.[HH]. The summed E-state index contributed by atoms with van der Waals surface area (Å²) < 4.78 is 4.77. The van der Waals surface area contributed by atoms with E-state index < -0.39 is 22.6 Å². The highest BCUT2D eigenvalue weighted by Crippen LogP contribution is 2.41. The van der Waals surface area contributed by atoms with E-state index in [0.717, 1.165) is 11.1 Å². The van der Waals surface area contributed by atoms with Crippen molar-refractivity contribution in [1.29, 1.82) is 11.1 Å². The monoisotopic (exact) mass is 1540 g/mol. The van der Waals surface area contributed by atoms with E-state index in [1.807, 2.05) is 19.1 Å². The van der Waals surface area contributed by atoms with E-state index in [9.17, 15) is 33.6 Å². The number of nitrogens with one attached hydrogen (secondary N) is 3. The number of aliphatic imine (C=N–C) groups is 1. The Labute approximate surface area is 642 Å². The number of ether oxygens (including phenoxy) is 1. The summed E-state index contributed by atoms with van der Waals surface area (Å²) >= 11 is 35.1. The number of fused-ring (bicyclic) bond motifs is 2. The lowest BCUT2D eigenvalue weighted by Crippen LogP contribution is -2.44. The third kappa shape index (κ3) is 16.5. The molecule has 6 amide bonds. The molecule has 0 bridgehead atoms. The van der Waals surface area contributed by atoms with Gasteiger partial charge in [0.05, 0.1) is 59.0 Å². The van der Waals surface area contributed by atoms with Crippen LogP contribution >= 0.6 is 71.5 Å². The number of esters is 1. The number of isothiocyanates is 1. The Morgan fingerprint density at radius 1 is 0.594 bits per heavy atom. The van der Waals surface area contributed by atoms with Crippen LogP contribution in [0.4, 0.5) is 51.6 Å². The molecule has 2 saturated heterocycles. The Morgan fingerprint density at radius 3 is 1.28 bits per heavy atom. The molecular weight excluding hydrogens is 1470 g/mol. The summed E-state index contributed by atoms with van der Waals surface area (Å²) in [7, 11) is 1.32. The number of carbonyl (C=O) groups is 7. The van der Waals surface area contributed by atoms with Gasteiger partial charge in [-0.1, -0.05) is 97.0 Å². The first-order valence-corrected chi connectivity index (χ1v) is 33.7. The van der Waals surface area contributed by atoms with Crippen molar-refractivity contribution in [2.24, 2.45) is 10.7 Å². The van der Waals surface area contributed by atoms with Crippen molar-refractivity contribution >= 4 is 180 Å². The molecule has 26 nitrogen and oxygen atoms in total. The van der Waals surface area contributed by atoms with Gasteiger partial charge in [-0.3, -0.25) is 48.4 Å². The fourth-order valence-corrected chi connectivity index (χ4v) is 13.3. The molecule has 106 heavy (non-hydrogen) atoms. The minimum Gasteiger partial charge on any atom is -0.467 e.